The zero-order valence-corrected chi connectivity index (χ0v) is 10.5. The van der Waals surface area contributed by atoms with E-state index in [9.17, 15) is 0 Å². The van der Waals surface area contributed by atoms with Crippen molar-refractivity contribution < 1.29 is 0 Å². The molecule has 1 aromatic heterocycles. The van der Waals surface area contributed by atoms with Gasteiger partial charge in [-0.1, -0.05) is 6.42 Å². The highest BCUT2D eigenvalue weighted by molar-refractivity contribution is 9.11. The third-order valence-electron chi connectivity index (χ3n) is 2.25. The van der Waals surface area contributed by atoms with Crippen LogP contribution in [0.5, 0.6) is 0 Å². The van der Waals surface area contributed by atoms with Crippen molar-refractivity contribution in [1.82, 2.24) is 5.32 Å². The molecule has 0 amide bonds. The molecular formula is C9H13BrClNS. The third-order valence-corrected chi connectivity index (χ3v) is 3.99. The summed E-state index contributed by atoms with van der Waals surface area (Å²) in [4.78, 5) is 1.47. The van der Waals surface area contributed by atoms with Crippen LogP contribution in [0.25, 0.3) is 0 Å². The zero-order chi connectivity index (χ0) is 8.39. The summed E-state index contributed by atoms with van der Waals surface area (Å²) in [6.07, 6.45) is 4.00. The molecule has 0 spiro atoms. The van der Waals surface area contributed by atoms with Crippen LogP contribution in [-0.2, 0) is 0 Å². The van der Waals surface area contributed by atoms with Gasteiger partial charge in [0.2, 0.25) is 0 Å². The summed E-state index contributed by atoms with van der Waals surface area (Å²) in [5.74, 6) is 0. The number of thiophene rings is 1. The summed E-state index contributed by atoms with van der Waals surface area (Å²) in [6.45, 7) is 1.18. The van der Waals surface area contributed by atoms with Crippen LogP contribution in [0.15, 0.2) is 15.9 Å². The second-order valence-electron chi connectivity index (χ2n) is 3.14. The molecule has 1 nitrogen and oxygen atoms in total. The van der Waals surface area contributed by atoms with Gasteiger partial charge in [-0.3, -0.25) is 0 Å². The lowest BCUT2D eigenvalue weighted by molar-refractivity contribution is 0.417. The number of rotatable bonds is 1. The second kappa shape index (κ2) is 5.35. The minimum absolute atomic E-state index is 0. The van der Waals surface area contributed by atoms with Gasteiger partial charge < -0.3 is 5.32 Å². The van der Waals surface area contributed by atoms with Crippen LogP contribution in [0, 0.1) is 0 Å². The van der Waals surface area contributed by atoms with E-state index < -0.39 is 0 Å². The Morgan fingerprint density at radius 2 is 2.23 bits per heavy atom. The topological polar surface area (TPSA) is 12.0 Å². The fourth-order valence-corrected chi connectivity index (χ4v) is 3.14. The molecule has 1 atom stereocenters. The van der Waals surface area contributed by atoms with Crippen molar-refractivity contribution in [3.8, 4) is 0 Å². The fraction of sp³-hybridized carbons (Fsp3) is 0.556. The molecule has 1 fully saturated rings. The lowest BCUT2D eigenvalue weighted by Gasteiger charge is -2.21. The molecule has 0 unspecified atom stereocenters. The van der Waals surface area contributed by atoms with Gasteiger partial charge in [0, 0.05) is 10.9 Å². The lowest BCUT2D eigenvalue weighted by Crippen LogP contribution is -2.25. The van der Waals surface area contributed by atoms with Crippen molar-refractivity contribution in [3.05, 3.63) is 20.8 Å². The molecule has 0 aromatic carbocycles. The van der Waals surface area contributed by atoms with Crippen LogP contribution in [0.2, 0.25) is 0 Å². The molecule has 1 saturated heterocycles. The van der Waals surface area contributed by atoms with E-state index in [-0.39, 0.29) is 12.4 Å². The number of halogens is 2. The minimum Gasteiger partial charge on any atom is -0.309 e. The molecule has 0 saturated carbocycles. The molecule has 1 aromatic rings. The van der Waals surface area contributed by atoms with Gasteiger partial charge in [-0.05, 0) is 47.4 Å². The van der Waals surface area contributed by atoms with Gasteiger partial charge in [-0.15, -0.1) is 23.7 Å². The zero-order valence-electron chi connectivity index (χ0n) is 7.25. The van der Waals surface area contributed by atoms with Gasteiger partial charge >= 0.3 is 0 Å². The van der Waals surface area contributed by atoms with Gasteiger partial charge in [-0.25, -0.2) is 0 Å². The SMILES string of the molecule is Brc1ccc([C@H]2CCCCN2)s1.Cl. The summed E-state index contributed by atoms with van der Waals surface area (Å²) >= 11 is 5.34. The first kappa shape index (κ1) is 11.5. The monoisotopic (exact) mass is 281 g/mol. The summed E-state index contributed by atoms with van der Waals surface area (Å²) in [6, 6.07) is 4.98. The van der Waals surface area contributed by atoms with E-state index in [1.807, 2.05) is 11.3 Å². The highest BCUT2D eigenvalue weighted by Crippen LogP contribution is 2.31. The molecule has 2 rings (SSSR count). The predicted octanol–water partition coefficient (Wildman–Crippen LogP) is 3.75. The van der Waals surface area contributed by atoms with Crippen molar-refractivity contribution in [3.63, 3.8) is 0 Å². The van der Waals surface area contributed by atoms with E-state index in [0.717, 1.165) is 0 Å². The van der Waals surface area contributed by atoms with Crippen LogP contribution in [0.3, 0.4) is 0 Å². The maximum absolute atomic E-state index is 3.54. The molecular weight excluding hydrogens is 270 g/mol. The first-order chi connectivity index (χ1) is 5.86. The average molecular weight is 283 g/mol. The molecule has 4 heteroatoms. The van der Waals surface area contributed by atoms with Gasteiger partial charge in [0.25, 0.3) is 0 Å². The van der Waals surface area contributed by atoms with E-state index in [0.29, 0.717) is 6.04 Å². The van der Waals surface area contributed by atoms with Crippen molar-refractivity contribution in [1.29, 1.82) is 0 Å². The molecule has 0 radical (unpaired) electrons. The standard InChI is InChI=1S/C9H12BrNS.ClH/c10-9-5-4-8(12-9)7-3-1-2-6-11-7;/h4-5,7,11H,1-3,6H2;1H/t7-;/m1./s1. The molecule has 74 valence electrons. The van der Waals surface area contributed by atoms with Crippen LogP contribution in [0.4, 0.5) is 0 Å². The summed E-state index contributed by atoms with van der Waals surface area (Å²) < 4.78 is 1.24. The van der Waals surface area contributed by atoms with Gasteiger partial charge in [-0.2, -0.15) is 0 Å². The maximum Gasteiger partial charge on any atom is 0.0701 e. The third kappa shape index (κ3) is 2.94. The molecule has 1 aliphatic heterocycles. The Kier molecular flexibility index (Phi) is 4.73. The van der Waals surface area contributed by atoms with E-state index in [1.165, 1.54) is 34.5 Å². The highest BCUT2D eigenvalue weighted by atomic mass is 79.9. The minimum atomic E-state index is 0. The Morgan fingerprint density at radius 3 is 2.77 bits per heavy atom. The van der Waals surface area contributed by atoms with Crippen LogP contribution in [0.1, 0.15) is 30.2 Å². The number of piperidine rings is 1. The second-order valence-corrected chi connectivity index (χ2v) is 5.64. The van der Waals surface area contributed by atoms with E-state index in [1.54, 1.807) is 0 Å². The largest absolute Gasteiger partial charge is 0.309 e. The van der Waals surface area contributed by atoms with Crippen LogP contribution >= 0.6 is 39.7 Å². The predicted molar refractivity (Wildman–Crippen MR) is 63.9 cm³/mol. The normalized spacial score (nSPS) is 22.4. The van der Waals surface area contributed by atoms with Crippen molar-refractivity contribution in [2.45, 2.75) is 25.3 Å². The molecule has 0 aliphatic carbocycles. The van der Waals surface area contributed by atoms with Gasteiger partial charge in [0.1, 0.15) is 0 Å². The lowest BCUT2D eigenvalue weighted by atomic mass is 10.0. The summed E-state index contributed by atoms with van der Waals surface area (Å²) in [5, 5.41) is 3.54. The smallest absolute Gasteiger partial charge is 0.0701 e. The fourth-order valence-electron chi connectivity index (χ4n) is 1.61. The Bertz CT molecular complexity index is 258. The Balaban J connectivity index is 0.000000845. The maximum atomic E-state index is 3.54. The Morgan fingerprint density at radius 1 is 1.38 bits per heavy atom. The average Bonchev–Trinajstić information content (AvgIpc) is 2.54. The van der Waals surface area contributed by atoms with Gasteiger partial charge in [0.05, 0.1) is 3.79 Å². The first-order valence-electron chi connectivity index (χ1n) is 4.35. The van der Waals surface area contributed by atoms with Crippen LogP contribution in [-0.4, -0.2) is 6.54 Å². The Labute approximate surface area is 97.5 Å². The van der Waals surface area contributed by atoms with Crippen LogP contribution < -0.4 is 5.32 Å². The van der Waals surface area contributed by atoms with E-state index in [2.05, 4.69) is 33.4 Å². The number of nitrogens with one attached hydrogen (secondary N) is 1. The number of hydrogen-bond donors (Lipinski definition) is 1. The van der Waals surface area contributed by atoms with Crippen molar-refractivity contribution in [2.24, 2.45) is 0 Å². The first-order valence-corrected chi connectivity index (χ1v) is 5.96. The Hall–Kier alpha value is 0.430. The quantitative estimate of drug-likeness (QED) is 0.827. The summed E-state index contributed by atoms with van der Waals surface area (Å²) in [5.41, 5.74) is 0. The molecule has 2 heterocycles. The van der Waals surface area contributed by atoms with Gasteiger partial charge in [0.15, 0.2) is 0 Å². The molecule has 1 N–H and O–H groups in total. The van der Waals surface area contributed by atoms with Crippen molar-refractivity contribution >= 4 is 39.7 Å². The van der Waals surface area contributed by atoms with E-state index in [4.69, 9.17) is 0 Å². The highest BCUT2D eigenvalue weighted by Gasteiger charge is 2.15. The summed E-state index contributed by atoms with van der Waals surface area (Å²) in [7, 11) is 0. The molecule has 13 heavy (non-hydrogen) atoms. The molecule has 1 aliphatic rings. The van der Waals surface area contributed by atoms with E-state index >= 15 is 0 Å². The van der Waals surface area contributed by atoms with Crippen molar-refractivity contribution in [2.75, 3.05) is 6.54 Å². The number of hydrogen-bond acceptors (Lipinski definition) is 2. The molecule has 0 bridgehead atoms.